The highest BCUT2D eigenvalue weighted by molar-refractivity contribution is 5.72. The first-order valence-electron chi connectivity index (χ1n) is 10.0. The molecular formula is C22H24FN5O. The molecule has 6 nitrogen and oxygen atoms in total. The van der Waals surface area contributed by atoms with Gasteiger partial charge < -0.3 is 15.0 Å². The van der Waals surface area contributed by atoms with E-state index in [9.17, 15) is 4.39 Å². The van der Waals surface area contributed by atoms with E-state index in [4.69, 9.17) is 9.73 Å². The molecule has 2 fully saturated rings. The molecular weight excluding hydrogens is 369 g/mol. The summed E-state index contributed by atoms with van der Waals surface area (Å²) in [5, 5.41) is 3.42. The maximum absolute atomic E-state index is 14.1. The van der Waals surface area contributed by atoms with Crippen LogP contribution in [0.25, 0.3) is 0 Å². The molecule has 3 heterocycles. The van der Waals surface area contributed by atoms with Crippen LogP contribution in [0.2, 0.25) is 0 Å². The van der Waals surface area contributed by atoms with E-state index in [-0.39, 0.29) is 23.8 Å². The van der Waals surface area contributed by atoms with Crippen LogP contribution in [0.5, 0.6) is 0 Å². The third kappa shape index (κ3) is 3.19. The molecule has 0 amide bonds. The molecule has 7 heteroatoms. The Morgan fingerprint density at radius 2 is 2.14 bits per heavy atom. The number of aliphatic imine (C=N–C) groups is 1. The van der Waals surface area contributed by atoms with Crippen molar-refractivity contribution in [2.24, 2.45) is 10.9 Å². The fourth-order valence-corrected chi connectivity index (χ4v) is 4.65. The van der Waals surface area contributed by atoms with E-state index in [2.05, 4.69) is 20.2 Å². The predicted molar refractivity (Wildman–Crippen MR) is 109 cm³/mol. The van der Waals surface area contributed by atoms with Gasteiger partial charge in [-0.1, -0.05) is 6.07 Å². The number of hydrogen-bond acceptors (Lipinski definition) is 6. The lowest BCUT2D eigenvalue weighted by molar-refractivity contribution is 0.121. The van der Waals surface area contributed by atoms with Gasteiger partial charge in [0.25, 0.3) is 0 Å². The maximum Gasteiger partial charge on any atom is 0.193 e. The third-order valence-electron chi connectivity index (χ3n) is 6.21. The summed E-state index contributed by atoms with van der Waals surface area (Å²) in [6.45, 7) is 1.66. The number of rotatable bonds is 5. The smallest absolute Gasteiger partial charge is 0.193 e. The summed E-state index contributed by atoms with van der Waals surface area (Å²) in [7, 11) is 1.74. The van der Waals surface area contributed by atoms with E-state index in [0.717, 1.165) is 37.2 Å². The second-order valence-corrected chi connectivity index (χ2v) is 7.86. The van der Waals surface area contributed by atoms with Crippen molar-refractivity contribution in [3.63, 3.8) is 0 Å². The summed E-state index contributed by atoms with van der Waals surface area (Å²) in [5.74, 6) is 0.903. The van der Waals surface area contributed by atoms with Gasteiger partial charge in [0, 0.05) is 56.6 Å². The van der Waals surface area contributed by atoms with Crippen molar-refractivity contribution in [1.29, 1.82) is 0 Å². The zero-order valence-electron chi connectivity index (χ0n) is 16.3. The average molecular weight is 393 g/mol. The number of halogens is 1. The van der Waals surface area contributed by atoms with Gasteiger partial charge in [-0.2, -0.15) is 0 Å². The lowest BCUT2D eigenvalue weighted by Gasteiger charge is -2.31. The first-order chi connectivity index (χ1) is 14.2. The first kappa shape index (κ1) is 18.2. The summed E-state index contributed by atoms with van der Waals surface area (Å²) in [4.78, 5) is 16.0. The summed E-state index contributed by atoms with van der Waals surface area (Å²) in [6.07, 6.45) is 11.2. The number of ether oxygens (including phenoxy) is 1. The molecule has 2 aliphatic heterocycles. The summed E-state index contributed by atoms with van der Waals surface area (Å²) in [6, 6.07) is 6.95. The van der Waals surface area contributed by atoms with E-state index >= 15 is 0 Å². The molecule has 3 aliphatic rings. The normalized spacial score (nSPS) is 30.4. The van der Waals surface area contributed by atoms with Gasteiger partial charge in [-0.15, -0.1) is 0 Å². The molecule has 0 bridgehead atoms. The first-order valence-corrected chi connectivity index (χ1v) is 10.0. The molecule has 29 heavy (non-hydrogen) atoms. The summed E-state index contributed by atoms with van der Waals surface area (Å²) in [5.41, 5.74) is 1.44. The Bertz CT molecular complexity index is 949. The maximum atomic E-state index is 14.1. The number of nitrogens with one attached hydrogen (secondary N) is 1. The number of benzene rings is 1. The van der Waals surface area contributed by atoms with Crippen LogP contribution in [0.15, 0.2) is 53.9 Å². The van der Waals surface area contributed by atoms with E-state index in [0.29, 0.717) is 5.82 Å². The molecule has 1 saturated carbocycles. The van der Waals surface area contributed by atoms with Gasteiger partial charge in [-0.05, 0) is 48.6 Å². The Balaban J connectivity index is 1.48. The molecule has 1 saturated heterocycles. The molecule has 4 atom stereocenters. The Hall–Kier alpha value is -2.80. The average Bonchev–Trinajstić information content (AvgIpc) is 3.43. The fourth-order valence-electron chi connectivity index (χ4n) is 4.65. The molecule has 150 valence electrons. The standard InChI is InChI=1S/C22H24FN5O/c1-29-16-6-11-28(14-16)20-12-15(23)4-5-17(20)18-13-19(18)22(26-9-3-10-27-22)21-24-7-2-8-25-21/h2-5,7-10,12,16,18-19,26H,6,11,13-14H2,1H3. The molecule has 2 aromatic rings. The predicted octanol–water partition coefficient (Wildman–Crippen LogP) is 2.99. The highest BCUT2D eigenvalue weighted by atomic mass is 19.1. The quantitative estimate of drug-likeness (QED) is 0.846. The Kier molecular flexibility index (Phi) is 4.54. The monoisotopic (exact) mass is 393 g/mol. The molecule has 1 aromatic heterocycles. The van der Waals surface area contributed by atoms with Crippen LogP contribution < -0.4 is 10.2 Å². The van der Waals surface area contributed by atoms with Crippen LogP contribution in [0, 0.1) is 11.7 Å². The number of allylic oxidation sites excluding steroid dienone is 1. The molecule has 4 unspecified atom stereocenters. The Morgan fingerprint density at radius 3 is 2.86 bits per heavy atom. The van der Waals surface area contributed by atoms with Crippen molar-refractivity contribution < 1.29 is 9.13 Å². The Labute approximate surface area is 169 Å². The number of anilines is 1. The number of hydrogen-bond donors (Lipinski definition) is 1. The highest BCUT2D eigenvalue weighted by Crippen LogP contribution is 2.59. The van der Waals surface area contributed by atoms with E-state index in [1.165, 1.54) is 0 Å². The second-order valence-electron chi connectivity index (χ2n) is 7.86. The lowest BCUT2D eigenvalue weighted by atomic mass is 9.96. The van der Waals surface area contributed by atoms with Crippen LogP contribution in [0.4, 0.5) is 10.1 Å². The highest BCUT2D eigenvalue weighted by Gasteiger charge is 2.57. The number of nitrogens with zero attached hydrogens (tertiary/aromatic N) is 4. The van der Waals surface area contributed by atoms with E-state index < -0.39 is 5.66 Å². The molecule has 1 aromatic carbocycles. The van der Waals surface area contributed by atoms with Crippen molar-refractivity contribution in [2.75, 3.05) is 25.1 Å². The van der Waals surface area contributed by atoms with Gasteiger partial charge in [0.05, 0.1) is 6.10 Å². The minimum absolute atomic E-state index is 0.191. The van der Waals surface area contributed by atoms with Crippen molar-refractivity contribution in [2.45, 2.75) is 30.5 Å². The molecule has 1 N–H and O–H groups in total. The Morgan fingerprint density at radius 1 is 1.28 bits per heavy atom. The van der Waals surface area contributed by atoms with Gasteiger partial charge in [-0.3, -0.25) is 4.99 Å². The van der Waals surface area contributed by atoms with Crippen molar-refractivity contribution in [3.05, 3.63) is 66.1 Å². The summed E-state index contributed by atoms with van der Waals surface area (Å²) >= 11 is 0. The van der Waals surface area contributed by atoms with Crippen molar-refractivity contribution in [3.8, 4) is 0 Å². The fraction of sp³-hybridized carbons (Fsp3) is 0.409. The molecule has 0 radical (unpaired) electrons. The molecule has 1 aliphatic carbocycles. The molecule has 5 rings (SSSR count). The third-order valence-corrected chi connectivity index (χ3v) is 6.21. The lowest BCUT2D eigenvalue weighted by Crippen LogP contribution is -2.43. The zero-order chi connectivity index (χ0) is 19.8. The van der Waals surface area contributed by atoms with Gasteiger partial charge in [0.15, 0.2) is 11.5 Å². The number of methoxy groups -OCH3 is 1. The van der Waals surface area contributed by atoms with Crippen LogP contribution in [0.1, 0.15) is 30.1 Å². The van der Waals surface area contributed by atoms with E-state index in [1.807, 2.05) is 24.4 Å². The van der Waals surface area contributed by atoms with E-state index in [1.54, 1.807) is 37.9 Å². The van der Waals surface area contributed by atoms with Crippen molar-refractivity contribution >= 4 is 11.9 Å². The van der Waals surface area contributed by atoms with Gasteiger partial charge in [0.1, 0.15) is 5.82 Å². The SMILES string of the molecule is COC1CCN(c2cc(F)ccc2C2CC2C2(c3ncccn3)N=CC=CN2)C1. The van der Waals surface area contributed by atoms with Crippen molar-refractivity contribution in [1.82, 2.24) is 15.3 Å². The number of aromatic nitrogens is 2. The minimum Gasteiger partial charge on any atom is -0.380 e. The second kappa shape index (κ2) is 7.22. The van der Waals surface area contributed by atoms with Crippen LogP contribution in [0.3, 0.4) is 0 Å². The van der Waals surface area contributed by atoms with Crippen LogP contribution in [-0.2, 0) is 10.4 Å². The zero-order valence-corrected chi connectivity index (χ0v) is 16.3. The summed E-state index contributed by atoms with van der Waals surface area (Å²) < 4.78 is 19.6. The van der Waals surface area contributed by atoms with Gasteiger partial charge in [0.2, 0.25) is 0 Å². The van der Waals surface area contributed by atoms with Crippen LogP contribution in [-0.4, -0.2) is 42.5 Å². The van der Waals surface area contributed by atoms with Gasteiger partial charge >= 0.3 is 0 Å². The minimum atomic E-state index is -0.688. The largest absolute Gasteiger partial charge is 0.380 e. The molecule has 0 spiro atoms. The van der Waals surface area contributed by atoms with Gasteiger partial charge in [-0.25, -0.2) is 14.4 Å². The van der Waals surface area contributed by atoms with Crippen LogP contribution >= 0.6 is 0 Å². The topological polar surface area (TPSA) is 62.6 Å².